The molecule has 0 saturated heterocycles. The Labute approximate surface area is 221 Å². The van der Waals surface area contributed by atoms with Gasteiger partial charge in [0.15, 0.2) is 22.4 Å². The van der Waals surface area contributed by atoms with Gasteiger partial charge in [-0.15, -0.1) is 0 Å². The van der Waals surface area contributed by atoms with E-state index in [0.717, 1.165) is 0 Å². The quantitative estimate of drug-likeness (QED) is 0.145. The minimum Gasteiger partial charge on any atom is -0.504 e. The van der Waals surface area contributed by atoms with Crippen molar-refractivity contribution in [3.8, 4) is 28.7 Å². The topological polar surface area (TPSA) is 158 Å². The molecule has 10 heteroatoms. The third kappa shape index (κ3) is 3.28. The summed E-state index contributed by atoms with van der Waals surface area (Å²) in [5, 5.41) is 35.3. The van der Waals surface area contributed by atoms with E-state index in [9.17, 15) is 24.9 Å². The molecule has 0 spiro atoms. The fraction of sp³-hybridized carbons (Fsp3) is 0.310. The lowest BCUT2D eigenvalue weighted by molar-refractivity contribution is 0.125. The van der Waals surface area contributed by atoms with Gasteiger partial charge in [0.1, 0.15) is 17.2 Å². The number of aliphatic hydroxyl groups is 2. The molecule has 2 atom stereocenters. The lowest BCUT2D eigenvalue weighted by atomic mass is 9.81. The number of fused-ring (bicyclic) bond motifs is 1. The summed E-state index contributed by atoms with van der Waals surface area (Å²) in [6, 6.07) is 2.60. The van der Waals surface area contributed by atoms with Crippen molar-refractivity contribution in [2.24, 2.45) is 0 Å². The fourth-order valence-electron chi connectivity index (χ4n) is 6.20. The summed E-state index contributed by atoms with van der Waals surface area (Å²) in [5.74, 6) is 0.322. The van der Waals surface area contributed by atoms with Crippen LogP contribution in [-0.4, -0.2) is 48.5 Å². The molecule has 5 aromatic carbocycles. The van der Waals surface area contributed by atoms with Crippen LogP contribution in [0.25, 0.3) is 43.1 Å². The zero-order valence-electron chi connectivity index (χ0n) is 21.8. The summed E-state index contributed by atoms with van der Waals surface area (Å²) in [5.41, 5.74) is 6.68. The minimum atomic E-state index is -0.866. The number of phenolic OH excluding ortho intramolecular Hbond substituents is 1. The highest BCUT2D eigenvalue weighted by Crippen LogP contribution is 2.55. The van der Waals surface area contributed by atoms with E-state index in [0.29, 0.717) is 43.4 Å². The zero-order chi connectivity index (χ0) is 27.9. The first-order valence-corrected chi connectivity index (χ1v) is 12.5. The molecule has 0 bridgehead atoms. The van der Waals surface area contributed by atoms with Crippen LogP contribution in [0.1, 0.15) is 25.0 Å². The second kappa shape index (κ2) is 8.62. The van der Waals surface area contributed by atoms with Gasteiger partial charge in [0.25, 0.3) is 0 Å². The van der Waals surface area contributed by atoms with Gasteiger partial charge in [-0.25, -0.2) is 0 Å². The highest BCUT2D eigenvalue weighted by Gasteiger charge is 2.33. The molecule has 1 aliphatic rings. The summed E-state index contributed by atoms with van der Waals surface area (Å²) in [6.45, 7) is 2.95. The molecule has 0 saturated carbocycles. The SMILES string of the molecule is COc1c(N)c2c(=O)cc3c4c5c(cc(=O)c6c(O)c(OC)c(CC(C)O)c(c(c1CC(C)O)c24)c65)OCO3. The normalized spacial score (nSPS) is 14.6. The summed E-state index contributed by atoms with van der Waals surface area (Å²) >= 11 is 0. The summed E-state index contributed by atoms with van der Waals surface area (Å²) < 4.78 is 23.0. The summed E-state index contributed by atoms with van der Waals surface area (Å²) in [6.07, 6.45) is -1.57. The highest BCUT2D eigenvalue weighted by atomic mass is 16.7. The lowest BCUT2D eigenvalue weighted by Gasteiger charge is -2.25. The smallest absolute Gasteiger partial charge is 0.230 e. The molecule has 10 nitrogen and oxygen atoms in total. The predicted molar refractivity (Wildman–Crippen MR) is 147 cm³/mol. The average molecular weight is 534 g/mol. The van der Waals surface area contributed by atoms with Crippen LogP contribution in [0.3, 0.4) is 0 Å². The molecule has 0 aliphatic carbocycles. The molecule has 6 rings (SSSR count). The maximum Gasteiger partial charge on any atom is 0.230 e. The van der Waals surface area contributed by atoms with Gasteiger partial charge in [-0.05, 0) is 24.6 Å². The van der Waals surface area contributed by atoms with Crippen molar-refractivity contribution in [2.75, 3.05) is 26.7 Å². The molecule has 0 amide bonds. The Hall–Kier alpha value is -4.28. The molecule has 0 aromatic heterocycles. The predicted octanol–water partition coefficient (Wildman–Crippen LogP) is 2.78. The standard InChI is InChI=1S/C29H27NO9/c1-10(31)5-12-18-19-13(6-11(2)32)29(37-4)27(35)21-15(34)8-17-23(25(19)21)22-16(38-9-39-17)7-14(33)20(24(18)22)26(30)28(12)36-3/h7-8,10-11,31-32,35H,5-6,9,30H2,1-4H3. The number of methoxy groups -OCH3 is 2. The van der Waals surface area contributed by atoms with E-state index in [4.69, 9.17) is 24.7 Å². The molecule has 5 aromatic rings. The van der Waals surface area contributed by atoms with E-state index in [1.54, 1.807) is 13.8 Å². The summed E-state index contributed by atoms with van der Waals surface area (Å²) in [7, 11) is 2.79. The van der Waals surface area contributed by atoms with E-state index in [-0.39, 0.29) is 64.8 Å². The molecule has 0 radical (unpaired) electrons. The Morgan fingerprint density at radius 3 is 1.72 bits per heavy atom. The number of anilines is 1. The van der Waals surface area contributed by atoms with Gasteiger partial charge in [-0.3, -0.25) is 9.59 Å². The monoisotopic (exact) mass is 533 g/mol. The van der Waals surface area contributed by atoms with Gasteiger partial charge >= 0.3 is 0 Å². The number of hydrogen-bond acceptors (Lipinski definition) is 10. The van der Waals surface area contributed by atoms with E-state index >= 15 is 0 Å². The molecule has 1 heterocycles. The van der Waals surface area contributed by atoms with Crippen LogP contribution in [-0.2, 0) is 12.8 Å². The molecule has 2 unspecified atom stereocenters. The number of ether oxygens (including phenoxy) is 4. The first-order valence-electron chi connectivity index (χ1n) is 12.5. The van der Waals surface area contributed by atoms with Gasteiger partial charge < -0.3 is 40.0 Å². The number of hydrogen-bond donors (Lipinski definition) is 4. The second-order valence-electron chi connectivity index (χ2n) is 10.0. The van der Waals surface area contributed by atoms with Crippen LogP contribution < -0.4 is 35.5 Å². The van der Waals surface area contributed by atoms with Crippen molar-refractivity contribution in [3.05, 3.63) is 43.7 Å². The number of aliphatic hydroxyl groups excluding tert-OH is 2. The van der Waals surface area contributed by atoms with E-state index in [2.05, 4.69) is 0 Å². The molecule has 1 aliphatic heterocycles. The van der Waals surface area contributed by atoms with Crippen molar-refractivity contribution in [3.63, 3.8) is 0 Å². The van der Waals surface area contributed by atoms with E-state index < -0.39 is 23.1 Å². The Balaban J connectivity index is 2.13. The first kappa shape index (κ1) is 25.0. The van der Waals surface area contributed by atoms with E-state index in [1.165, 1.54) is 26.4 Å². The molecule has 39 heavy (non-hydrogen) atoms. The first-order chi connectivity index (χ1) is 18.6. The number of aromatic hydroxyl groups is 1. The Bertz CT molecular complexity index is 1790. The van der Waals surface area contributed by atoms with Crippen molar-refractivity contribution >= 4 is 48.8 Å². The van der Waals surface area contributed by atoms with Crippen molar-refractivity contribution in [1.82, 2.24) is 0 Å². The van der Waals surface area contributed by atoms with Crippen LogP contribution in [0.5, 0.6) is 28.7 Å². The van der Waals surface area contributed by atoms with Crippen molar-refractivity contribution < 1.29 is 34.3 Å². The van der Waals surface area contributed by atoms with E-state index in [1.807, 2.05) is 0 Å². The van der Waals surface area contributed by atoms with Crippen LogP contribution in [0.4, 0.5) is 5.69 Å². The second-order valence-corrected chi connectivity index (χ2v) is 10.0. The van der Waals surface area contributed by atoms with Crippen LogP contribution in [0.15, 0.2) is 21.7 Å². The van der Waals surface area contributed by atoms with Crippen LogP contribution >= 0.6 is 0 Å². The van der Waals surface area contributed by atoms with Gasteiger partial charge in [0.2, 0.25) is 6.79 Å². The van der Waals surface area contributed by atoms with Gasteiger partial charge in [0, 0.05) is 57.6 Å². The third-order valence-electron chi connectivity index (χ3n) is 7.46. The Morgan fingerprint density at radius 2 is 1.23 bits per heavy atom. The molecular formula is C29H27NO9. The number of nitrogen functional groups attached to an aromatic ring is 1. The maximum absolute atomic E-state index is 13.5. The molecule has 202 valence electrons. The minimum absolute atomic E-state index is 0.00446. The highest BCUT2D eigenvalue weighted by molar-refractivity contribution is 6.39. The number of nitrogens with two attached hydrogens (primary N) is 1. The van der Waals surface area contributed by atoms with Gasteiger partial charge in [0.05, 0.1) is 42.9 Å². The van der Waals surface area contributed by atoms with Crippen LogP contribution in [0.2, 0.25) is 0 Å². The zero-order valence-corrected chi connectivity index (χ0v) is 21.8. The van der Waals surface area contributed by atoms with Gasteiger partial charge in [-0.1, -0.05) is 0 Å². The number of benzene rings is 5. The largest absolute Gasteiger partial charge is 0.504 e. The number of rotatable bonds is 6. The van der Waals surface area contributed by atoms with Gasteiger partial charge in [-0.2, -0.15) is 0 Å². The van der Waals surface area contributed by atoms with Crippen LogP contribution in [0, 0.1) is 0 Å². The Kier molecular flexibility index (Phi) is 5.53. The number of phenols is 1. The van der Waals surface area contributed by atoms with Crippen molar-refractivity contribution in [2.45, 2.75) is 38.9 Å². The van der Waals surface area contributed by atoms with Crippen molar-refractivity contribution in [1.29, 1.82) is 0 Å². The third-order valence-corrected chi connectivity index (χ3v) is 7.46. The Morgan fingerprint density at radius 1 is 0.769 bits per heavy atom. The summed E-state index contributed by atoms with van der Waals surface area (Å²) in [4.78, 5) is 27.0. The molecule has 5 N–H and O–H groups in total. The maximum atomic E-state index is 13.5. The average Bonchev–Trinajstić information content (AvgIpc) is 3.03. The molecule has 0 fully saturated rings. The molecular weight excluding hydrogens is 506 g/mol. The fourth-order valence-corrected chi connectivity index (χ4v) is 6.20. The lowest BCUT2D eigenvalue weighted by Crippen LogP contribution is -2.14.